The minimum absolute atomic E-state index is 0. The Bertz CT molecular complexity index is 805. The van der Waals surface area contributed by atoms with Crippen LogP contribution in [0.4, 0.5) is 5.69 Å². The number of halogens is 1. The summed E-state index contributed by atoms with van der Waals surface area (Å²) in [4.78, 5) is 26.0. The van der Waals surface area contributed by atoms with Crippen molar-refractivity contribution in [2.24, 2.45) is 0 Å². The molecule has 1 aromatic carbocycles. The third kappa shape index (κ3) is 4.08. The van der Waals surface area contributed by atoms with Gasteiger partial charge in [0.2, 0.25) is 0 Å². The molecule has 142 valence electrons. The standard InChI is InChI=1S/C17H21N3O4S.ClH/c1-3-24-15-13-10-12(20(22)23)6-7-14(13)25-16(15)17(21)18-11(2)19-8-4-5-9-19;/h6-7,10-11H,3-5,8-9H2,1-2H3,(H,18,21);1H. The van der Waals surface area contributed by atoms with Crippen LogP contribution in [-0.4, -0.2) is 41.6 Å². The first kappa shape index (κ1) is 20.4. The number of ether oxygens (including phenoxy) is 1. The molecule has 0 bridgehead atoms. The van der Waals surface area contributed by atoms with Gasteiger partial charge in [0, 0.05) is 35.3 Å². The van der Waals surface area contributed by atoms with Crippen molar-refractivity contribution in [1.29, 1.82) is 0 Å². The highest BCUT2D eigenvalue weighted by Gasteiger charge is 2.25. The molecule has 7 nitrogen and oxygen atoms in total. The number of rotatable bonds is 6. The van der Waals surface area contributed by atoms with Crippen molar-refractivity contribution in [1.82, 2.24) is 10.2 Å². The maximum absolute atomic E-state index is 12.8. The van der Waals surface area contributed by atoms with Crippen LogP contribution in [0.3, 0.4) is 0 Å². The van der Waals surface area contributed by atoms with E-state index in [-0.39, 0.29) is 30.2 Å². The van der Waals surface area contributed by atoms with E-state index in [0.717, 1.165) is 30.6 Å². The lowest BCUT2D eigenvalue weighted by Gasteiger charge is -2.24. The second kappa shape index (κ2) is 8.66. The van der Waals surface area contributed by atoms with E-state index in [1.54, 1.807) is 6.07 Å². The number of nitrogens with one attached hydrogen (secondary N) is 1. The Morgan fingerprint density at radius 3 is 2.73 bits per heavy atom. The molecule has 2 aromatic rings. The van der Waals surface area contributed by atoms with E-state index >= 15 is 0 Å². The molecule has 1 aromatic heterocycles. The maximum atomic E-state index is 12.8. The summed E-state index contributed by atoms with van der Waals surface area (Å²) >= 11 is 1.30. The van der Waals surface area contributed by atoms with Gasteiger partial charge in [0.05, 0.1) is 17.7 Å². The second-order valence-corrected chi connectivity index (χ2v) is 7.08. The van der Waals surface area contributed by atoms with E-state index in [0.29, 0.717) is 22.6 Å². The molecule has 9 heteroatoms. The number of hydrogen-bond acceptors (Lipinski definition) is 6. The average Bonchev–Trinajstić information content (AvgIpc) is 3.23. The fraction of sp³-hybridized carbons (Fsp3) is 0.471. The monoisotopic (exact) mass is 399 g/mol. The van der Waals surface area contributed by atoms with Gasteiger partial charge in [0.15, 0.2) is 5.75 Å². The number of likely N-dealkylation sites (tertiary alicyclic amines) is 1. The molecule has 1 unspecified atom stereocenters. The Labute approximate surface area is 161 Å². The van der Waals surface area contributed by atoms with E-state index in [4.69, 9.17) is 4.74 Å². The van der Waals surface area contributed by atoms with Gasteiger partial charge >= 0.3 is 0 Å². The summed E-state index contributed by atoms with van der Waals surface area (Å²) in [6, 6.07) is 4.59. The molecule has 0 saturated carbocycles. The molecule has 1 atom stereocenters. The molecule has 2 heterocycles. The van der Waals surface area contributed by atoms with E-state index in [1.807, 2.05) is 13.8 Å². The van der Waals surface area contributed by atoms with Crippen molar-refractivity contribution in [3.8, 4) is 5.75 Å². The van der Waals surface area contributed by atoms with Gasteiger partial charge in [0.25, 0.3) is 11.6 Å². The Balaban J connectivity index is 0.00000243. The van der Waals surface area contributed by atoms with Crippen molar-refractivity contribution in [2.75, 3.05) is 19.7 Å². The van der Waals surface area contributed by atoms with E-state index in [1.165, 1.54) is 23.5 Å². The highest BCUT2D eigenvalue weighted by molar-refractivity contribution is 7.21. The van der Waals surface area contributed by atoms with Crippen molar-refractivity contribution >= 4 is 45.4 Å². The van der Waals surface area contributed by atoms with Crippen LogP contribution in [0.15, 0.2) is 18.2 Å². The van der Waals surface area contributed by atoms with Crippen LogP contribution in [0.25, 0.3) is 10.1 Å². The summed E-state index contributed by atoms with van der Waals surface area (Å²) < 4.78 is 6.47. The zero-order valence-electron chi connectivity index (χ0n) is 14.7. The summed E-state index contributed by atoms with van der Waals surface area (Å²) in [5.41, 5.74) is -0.0105. The lowest BCUT2D eigenvalue weighted by Crippen LogP contribution is -2.44. The molecule has 1 fully saturated rings. The highest BCUT2D eigenvalue weighted by atomic mass is 35.5. The smallest absolute Gasteiger partial charge is 0.270 e. The Morgan fingerprint density at radius 2 is 2.12 bits per heavy atom. The summed E-state index contributed by atoms with van der Waals surface area (Å²) in [6.07, 6.45) is 2.25. The van der Waals surface area contributed by atoms with Crippen molar-refractivity contribution in [3.63, 3.8) is 0 Å². The minimum atomic E-state index is -0.442. The number of nitro groups is 1. The number of non-ortho nitro benzene ring substituents is 1. The van der Waals surface area contributed by atoms with Crippen molar-refractivity contribution in [3.05, 3.63) is 33.2 Å². The lowest BCUT2D eigenvalue weighted by molar-refractivity contribution is -0.384. The van der Waals surface area contributed by atoms with E-state index in [2.05, 4.69) is 10.2 Å². The number of benzene rings is 1. The molecular formula is C17H22ClN3O4S. The van der Waals surface area contributed by atoms with Crippen LogP contribution >= 0.6 is 23.7 Å². The topological polar surface area (TPSA) is 84.7 Å². The number of fused-ring (bicyclic) bond motifs is 1. The number of carbonyl (C=O) groups excluding carboxylic acids is 1. The van der Waals surface area contributed by atoms with Gasteiger partial charge in [-0.05, 0) is 32.8 Å². The normalized spacial score (nSPS) is 15.5. The van der Waals surface area contributed by atoms with Gasteiger partial charge in [-0.2, -0.15) is 0 Å². The van der Waals surface area contributed by atoms with Crippen LogP contribution in [0.1, 0.15) is 36.4 Å². The average molecular weight is 400 g/mol. The summed E-state index contributed by atoms with van der Waals surface area (Å²) in [5.74, 6) is 0.226. The van der Waals surface area contributed by atoms with Crippen LogP contribution in [0.2, 0.25) is 0 Å². The van der Waals surface area contributed by atoms with Crippen LogP contribution < -0.4 is 10.1 Å². The summed E-state index contributed by atoms with van der Waals surface area (Å²) in [5, 5.41) is 14.7. The molecule has 0 aliphatic carbocycles. The van der Waals surface area contributed by atoms with Crippen molar-refractivity contribution < 1.29 is 14.5 Å². The molecule has 26 heavy (non-hydrogen) atoms. The number of thiophene rings is 1. The van der Waals surface area contributed by atoms with Crippen LogP contribution in [-0.2, 0) is 0 Å². The summed E-state index contributed by atoms with van der Waals surface area (Å²) in [6.45, 7) is 6.16. The predicted octanol–water partition coefficient (Wildman–Crippen LogP) is 3.80. The predicted molar refractivity (Wildman–Crippen MR) is 105 cm³/mol. The van der Waals surface area contributed by atoms with E-state index < -0.39 is 4.92 Å². The van der Waals surface area contributed by atoms with Gasteiger partial charge in [-0.1, -0.05) is 0 Å². The molecule has 1 aliphatic rings. The molecule has 0 radical (unpaired) electrons. The third-order valence-corrected chi connectivity index (χ3v) is 5.51. The quantitative estimate of drug-likeness (QED) is 0.589. The largest absolute Gasteiger partial charge is 0.491 e. The van der Waals surface area contributed by atoms with Gasteiger partial charge in [-0.15, -0.1) is 23.7 Å². The van der Waals surface area contributed by atoms with Crippen molar-refractivity contribution in [2.45, 2.75) is 32.9 Å². The molecule has 1 aliphatic heterocycles. The Hall–Kier alpha value is -1.90. The summed E-state index contributed by atoms with van der Waals surface area (Å²) in [7, 11) is 0. The molecule has 1 saturated heterocycles. The van der Waals surface area contributed by atoms with Gasteiger partial charge < -0.3 is 10.1 Å². The fourth-order valence-corrected chi connectivity index (χ4v) is 4.12. The number of amides is 1. The van der Waals surface area contributed by atoms with Gasteiger partial charge in [-0.25, -0.2) is 0 Å². The third-order valence-electron chi connectivity index (χ3n) is 4.36. The van der Waals surface area contributed by atoms with E-state index in [9.17, 15) is 14.9 Å². The molecule has 3 rings (SSSR count). The van der Waals surface area contributed by atoms with Crippen LogP contribution in [0, 0.1) is 10.1 Å². The van der Waals surface area contributed by atoms with Gasteiger partial charge in [0.1, 0.15) is 4.88 Å². The lowest BCUT2D eigenvalue weighted by atomic mass is 10.2. The zero-order valence-corrected chi connectivity index (χ0v) is 16.3. The molecular weight excluding hydrogens is 378 g/mol. The Morgan fingerprint density at radius 1 is 1.42 bits per heavy atom. The Kier molecular flexibility index (Phi) is 6.80. The fourth-order valence-electron chi connectivity index (χ4n) is 3.09. The first-order valence-corrected chi connectivity index (χ1v) is 9.21. The number of nitro benzene ring substituents is 1. The number of hydrogen-bond donors (Lipinski definition) is 1. The number of carbonyl (C=O) groups is 1. The van der Waals surface area contributed by atoms with Gasteiger partial charge in [-0.3, -0.25) is 19.8 Å². The highest BCUT2D eigenvalue weighted by Crippen LogP contribution is 2.39. The molecule has 1 amide bonds. The number of nitrogens with zero attached hydrogens (tertiary/aromatic N) is 2. The molecule has 1 N–H and O–H groups in total. The zero-order chi connectivity index (χ0) is 18.0. The minimum Gasteiger partial charge on any atom is -0.491 e. The van der Waals surface area contributed by atoms with Crippen LogP contribution in [0.5, 0.6) is 5.75 Å². The molecule has 0 spiro atoms. The maximum Gasteiger partial charge on any atom is 0.270 e. The first-order valence-electron chi connectivity index (χ1n) is 8.40. The SMILES string of the molecule is CCOc1c(C(=O)NC(C)N2CCCC2)sc2ccc([N+](=O)[O-])cc12.Cl. The second-order valence-electron chi connectivity index (χ2n) is 6.02. The first-order chi connectivity index (χ1) is 12.0.